The number of nitrogens with zero attached hydrogens (tertiary/aromatic N) is 2. The van der Waals surface area contributed by atoms with Crippen LogP contribution in [0, 0.1) is 0 Å². The van der Waals surface area contributed by atoms with Crippen molar-refractivity contribution in [1.29, 1.82) is 0 Å². The van der Waals surface area contributed by atoms with Crippen LogP contribution in [0.2, 0.25) is 5.02 Å². The molecule has 23 heavy (non-hydrogen) atoms. The summed E-state index contributed by atoms with van der Waals surface area (Å²) < 4.78 is 1.71. The number of carbonyl (C=O) groups is 1. The second-order valence-corrected chi connectivity index (χ2v) is 5.43. The quantitative estimate of drug-likeness (QED) is 0.715. The van der Waals surface area contributed by atoms with Crippen molar-refractivity contribution in [3.05, 3.63) is 52.8 Å². The van der Waals surface area contributed by atoms with Crippen molar-refractivity contribution in [2.45, 2.75) is 19.9 Å². The van der Waals surface area contributed by atoms with Gasteiger partial charge in [0.1, 0.15) is 0 Å². The van der Waals surface area contributed by atoms with Crippen LogP contribution in [0.3, 0.4) is 0 Å². The number of rotatable bonds is 8. The van der Waals surface area contributed by atoms with Gasteiger partial charge in [-0.05, 0) is 24.6 Å². The summed E-state index contributed by atoms with van der Waals surface area (Å²) >= 11 is 6.13. The van der Waals surface area contributed by atoms with Crippen LogP contribution in [0.15, 0.2) is 36.7 Å². The third kappa shape index (κ3) is 6.22. The molecule has 2 rings (SSSR count). The molecule has 1 heterocycles. The second-order valence-electron chi connectivity index (χ2n) is 5.02. The van der Waals surface area contributed by atoms with E-state index < -0.39 is 0 Å². The molecule has 0 saturated carbocycles. The van der Waals surface area contributed by atoms with Gasteiger partial charge < -0.3 is 10.6 Å². The van der Waals surface area contributed by atoms with E-state index in [0.717, 1.165) is 25.1 Å². The number of hydrogen-bond acceptors (Lipinski definition) is 3. The van der Waals surface area contributed by atoms with Crippen LogP contribution >= 0.6 is 24.0 Å². The molecule has 0 spiro atoms. The first-order valence-electron chi connectivity index (χ1n) is 7.45. The van der Waals surface area contributed by atoms with E-state index in [9.17, 15) is 4.79 Å². The number of aromatic nitrogens is 2. The zero-order valence-electron chi connectivity index (χ0n) is 13.1. The van der Waals surface area contributed by atoms with E-state index in [1.165, 1.54) is 0 Å². The Bertz CT molecular complexity index is 616. The highest BCUT2D eigenvalue weighted by atomic mass is 35.5. The maximum atomic E-state index is 12.0. The molecule has 1 aromatic carbocycles. The first-order chi connectivity index (χ1) is 10.7. The van der Waals surface area contributed by atoms with Gasteiger partial charge in [-0.1, -0.05) is 36.7 Å². The number of nitrogens with one attached hydrogen (secondary N) is 2. The van der Waals surface area contributed by atoms with Crippen molar-refractivity contribution in [3.8, 4) is 0 Å². The highest BCUT2D eigenvalue weighted by Crippen LogP contribution is 2.16. The molecule has 2 aromatic rings. The third-order valence-electron chi connectivity index (χ3n) is 3.20. The lowest BCUT2D eigenvalue weighted by atomic mass is 10.2. The Morgan fingerprint density at radius 1 is 1.26 bits per heavy atom. The van der Waals surface area contributed by atoms with Crippen molar-refractivity contribution in [1.82, 2.24) is 20.4 Å². The molecule has 0 aliphatic carbocycles. The summed E-state index contributed by atoms with van der Waals surface area (Å²) in [5.41, 5.74) is 1.53. The molecule has 0 unspecified atom stereocenters. The molecule has 1 amide bonds. The normalized spacial score (nSPS) is 10.2. The Morgan fingerprint density at radius 3 is 2.78 bits per heavy atom. The molecule has 0 aliphatic rings. The van der Waals surface area contributed by atoms with E-state index in [1.54, 1.807) is 17.1 Å². The zero-order valence-corrected chi connectivity index (χ0v) is 14.7. The Balaban J connectivity index is 0.00000264. The van der Waals surface area contributed by atoms with Crippen molar-refractivity contribution in [3.63, 3.8) is 0 Å². The first-order valence-corrected chi connectivity index (χ1v) is 7.83. The third-order valence-corrected chi connectivity index (χ3v) is 3.57. The monoisotopic (exact) mass is 356 g/mol. The molecule has 5 nitrogen and oxygen atoms in total. The summed E-state index contributed by atoms with van der Waals surface area (Å²) in [5.74, 6) is -0.108. The van der Waals surface area contributed by atoms with Gasteiger partial charge in [0.15, 0.2) is 0 Å². The standard InChI is InChI=1S/C16H21ClN4O.ClH/c1-2-7-18-8-9-19-16(22)14-10-20-21(12-14)11-13-5-3-4-6-15(13)17;/h3-6,10,12,18H,2,7-9,11H2,1H3,(H,19,22);1H. The largest absolute Gasteiger partial charge is 0.351 e. The molecule has 0 radical (unpaired) electrons. The van der Waals surface area contributed by atoms with Crippen molar-refractivity contribution in [2.75, 3.05) is 19.6 Å². The van der Waals surface area contributed by atoms with Crippen LogP contribution in [-0.4, -0.2) is 35.3 Å². The molecular weight excluding hydrogens is 335 g/mol. The number of amides is 1. The van der Waals surface area contributed by atoms with Crippen LogP contribution in [0.25, 0.3) is 0 Å². The predicted molar refractivity (Wildman–Crippen MR) is 95.5 cm³/mol. The molecule has 0 aliphatic heterocycles. The second kappa shape index (κ2) is 10.3. The topological polar surface area (TPSA) is 58.9 Å². The van der Waals surface area contributed by atoms with Gasteiger partial charge in [-0.3, -0.25) is 9.48 Å². The zero-order chi connectivity index (χ0) is 15.8. The number of benzene rings is 1. The van der Waals surface area contributed by atoms with Gasteiger partial charge in [0.05, 0.1) is 18.3 Å². The van der Waals surface area contributed by atoms with E-state index in [4.69, 9.17) is 11.6 Å². The summed E-state index contributed by atoms with van der Waals surface area (Å²) in [6.07, 6.45) is 4.40. The summed E-state index contributed by atoms with van der Waals surface area (Å²) in [6, 6.07) is 7.61. The minimum absolute atomic E-state index is 0. The minimum atomic E-state index is -0.108. The van der Waals surface area contributed by atoms with Crippen LogP contribution in [0.4, 0.5) is 0 Å². The van der Waals surface area contributed by atoms with E-state index in [-0.39, 0.29) is 18.3 Å². The fourth-order valence-electron chi connectivity index (χ4n) is 2.04. The molecule has 0 atom stereocenters. The van der Waals surface area contributed by atoms with E-state index in [1.807, 2.05) is 24.3 Å². The van der Waals surface area contributed by atoms with Crippen LogP contribution in [0.1, 0.15) is 29.3 Å². The highest BCUT2D eigenvalue weighted by Gasteiger charge is 2.08. The van der Waals surface area contributed by atoms with Gasteiger partial charge in [-0.25, -0.2) is 0 Å². The number of carbonyl (C=O) groups excluding carboxylic acids is 1. The Morgan fingerprint density at radius 2 is 2.04 bits per heavy atom. The highest BCUT2D eigenvalue weighted by molar-refractivity contribution is 6.31. The van der Waals surface area contributed by atoms with Crippen LogP contribution in [-0.2, 0) is 6.54 Å². The summed E-state index contributed by atoms with van der Waals surface area (Å²) in [5, 5.41) is 11.0. The predicted octanol–water partition coefficient (Wildman–Crippen LogP) is 2.74. The van der Waals surface area contributed by atoms with Gasteiger partial charge in [0.25, 0.3) is 5.91 Å². The summed E-state index contributed by atoms with van der Waals surface area (Å²) in [7, 11) is 0. The van der Waals surface area contributed by atoms with E-state index in [2.05, 4.69) is 22.7 Å². The van der Waals surface area contributed by atoms with E-state index >= 15 is 0 Å². The van der Waals surface area contributed by atoms with Gasteiger partial charge in [-0.2, -0.15) is 5.10 Å². The molecule has 0 saturated heterocycles. The Labute approximate surface area is 147 Å². The summed E-state index contributed by atoms with van der Waals surface area (Å²) in [4.78, 5) is 12.0. The van der Waals surface area contributed by atoms with Crippen LogP contribution in [0.5, 0.6) is 0 Å². The molecule has 0 fully saturated rings. The fourth-order valence-corrected chi connectivity index (χ4v) is 2.23. The van der Waals surface area contributed by atoms with Gasteiger partial charge in [0.2, 0.25) is 0 Å². The molecule has 2 N–H and O–H groups in total. The number of halogens is 2. The van der Waals surface area contributed by atoms with Crippen molar-refractivity contribution < 1.29 is 4.79 Å². The molecule has 0 bridgehead atoms. The average Bonchev–Trinajstić information content (AvgIpc) is 2.98. The molecule has 1 aromatic heterocycles. The Hall–Kier alpha value is -1.56. The van der Waals surface area contributed by atoms with E-state index in [0.29, 0.717) is 23.7 Å². The van der Waals surface area contributed by atoms with Crippen molar-refractivity contribution in [2.24, 2.45) is 0 Å². The van der Waals surface area contributed by atoms with Gasteiger partial charge in [0, 0.05) is 24.3 Å². The first kappa shape index (κ1) is 19.5. The smallest absolute Gasteiger partial charge is 0.254 e. The Kier molecular flexibility index (Phi) is 8.69. The van der Waals surface area contributed by atoms with Crippen molar-refractivity contribution >= 4 is 29.9 Å². The van der Waals surface area contributed by atoms with Crippen LogP contribution < -0.4 is 10.6 Å². The lowest BCUT2D eigenvalue weighted by Gasteiger charge is -2.05. The summed E-state index contributed by atoms with van der Waals surface area (Å²) in [6.45, 7) is 5.00. The molecule has 126 valence electrons. The maximum Gasteiger partial charge on any atom is 0.254 e. The SMILES string of the molecule is CCCNCCNC(=O)c1cnn(Cc2ccccc2Cl)c1.Cl. The molecule has 7 heteroatoms. The molecular formula is C16H22Cl2N4O. The lowest BCUT2D eigenvalue weighted by molar-refractivity contribution is 0.0954. The number of hydrogen-bond donors (Lipinski definition) is 2. The fraction of sp³-hybridized carbons (Fsp3) is 0.375. The lowest BCUT2D eigenvalue weighted by Crippen LogP contribution is -2.31. The minimum Gasteiger partial charge on any atom is -0.351 e. The van der Waals surface area contributed by atoms with Gasteiger partial charge in [-0.15, -0.1) is 12.4 Å². The maximum absolute atomic E-state index is 12.0. The van der Waals surface area contributed by atoms with Gasteiger partial charge >= 0.3 is 0 Å². The average molecular weight is 357 g/mol.